The molecule has 5 nitrogen and oxygen atoms in total. The maximum absolute atomic E-state index is 12.8. The van der Waals surface area contributed by atoms with Crippen molar-refractivity contribution in [3.8, 4) is 0 Å². The number of carbonyl (C=O) groups excluding carboxylic acids is 1. The summed E-state index contributed by atoms with van der Waals surface area (Å²) in [5.41, 5.74) is 5.32. The summed E-state index contributed by atoms with van der Waals surface area (Å²) in [4.78, 5) is 14.9. The third-order valence-electron chi connectivity index (χ3n) is 3.38. The van der Waals surface area contributed by atoms with Crippen LogP contribution in [0.15, 0.2) is 48.5 Å². The Hall–Kier alpha value is -2.74. The molecule has 0 saturated heterocycles. The van der Waals surface area contributed by atoms with Crippen LogP contribution in [0.1, 0.15) is 18.1 Å². The molecule has 0 spiro atoms. The zero-order valence-corrected chi connectivity index (χ0v) is 15.1. The fourth-order valence-corrected chi connectivity index (χ4v) is 2.20. The van der Waals surface area contributed by atoms with E-state index in [0.29, 0.717) is 5.02 Å². The summed E-state index contributed by atoms with van der Waals surface area (Å²) in [5, 5.41) is 0.581. The van der Waals surface area contributed by atoms with Gasteiger partial charge in [0.25, 0.3) is 0 Å². The number of esters is 1. The predicted molar refractivity (Wildman–Crippen MR) is 96.0 cm³/mol. The molecule has 0 bridgehead atoms. The summed E-state index contributed by atoms with van der Waals surface area (Å²) in [7, 11) is 0. The first-order chi connectivity index (χ1) is 12.8. The molecular weight excluding hydrogens is 383 g/mol. The van der Waals surface area contributed by atoms with Crippen LogP contribution in [-0.4, -0.2) is 18.4 Å². The molecule has 0 aliphatic heterocycles. The first-order valence-electron chi connectivity index (χ1n) is 8.01. The summed E-state index contributed by atoms with van der Waals surface area (Å²) >= 11 is 5.83. The van der Waals surface area contributed by atoms with Crippen molar-refractivity contribution in [2.24, 2.45) is 0 Å². The van der Waals surface area contributed by atoms with Crippen molar-refractivity contribution in [3.63, 3.8) is 0 Å². The lowest BCUT2D eigenvalue weighted by molar-refractivity contribution is -0.476. The SMILES string of the molecule is CCOC(=O)C(NNc1cccc(C(F)(F)F)c1)=[NH+]Cc1ccc(Cl)cc1. The van der Waals surface area contributed by atoms with Crippen LogP contribution in [0.5, 0.6) is 0 Å². The van der Waals surface area contributed by atoms with Gasteiger partial charge in [-0.2, -0.15) is 18.6 Å². The first kappa shape index (κ1) is 20.6. The van der Waals surface area contributed by atoms with Gasteiger partial charge in [-0.15, -0.1) is 0 Å². The number of ether oxygens (including phenoxy) is 1. The van der Waals surface area contributed by atoms with Crippen molar-refractivity contribution in [3.05, 3.63) is 64.7 Å². The molecule has 0 aliphatic carbocycles. The van der Waals surface area contributed by atoms with Gasteiger partial charge in [0.15, 0.2) is 0 Å². The molecule has 9 heteroatoms. The van der Waals surface area contributed by atoms with Crippen LogP contribution >= 0.6 is 11.6 Å². The van der Waals surface area contributed by atoms with E-state index in [-0.39, 0.29) is 24.7 Å². The summed E-state index contributed by atoms with van der Waals surface area (Å²) in [6.45, 7) is 2.08. The summed E-state index contributed by atoms with van der Waals surface area (Å²) in [6.07, 6.45) is -4.46. The summed E-state index contributed by atoms with van der Waals surface area (Å²) in [6, 6.07) is 11.5. The van der Waals surface area contributed by atoms with Crippen molar-refractivity contribution in [1.29, 1.82) is 0 Å². The average molecular weight is 401 g/mol. The largest absolute Gasteiger partial charge is 0.457 e. The Balaban J connectivity index is 2.11. The van der Waals surface area contributed by atoms with Gasteiger partial charge >= 0.3 is 18.0 Å². The molecule has 0 aromatic heterocycles. The van der Waals surface area contributed by atoms with Crippen molar-refractivity contribution in [2.45, 2.75) is 19.6 Å². The molecule has 2 rings (SSSR count). The molecular formula is C18H18ClF3N3O2+. The molecule has 0 unspecified atom stereocenters. The number of amidine groups is 1. The van der Waals surface area contributed by atoms with E-state index < -0.39 is 17.7 Å². The molecule has 3 N–H and O–H groups in total. The standard InChI is InChI=1S/C18H17ClF3N3O2/c1-2-27-17(26)16(23-11-12-6-8-14(19)9-7-12)25-24-15-5-3-4-13(10-15)18(20,21)22/h3-10,24H,2,11H2,1H3,(H,23,25)/p+1. The van der Waals surface area contributed by atoms with Crippen molar-refractivity contribution in [1.82, 2.24) is 5.43 Å². The number of carbonyl (C=O) groups is 1. The first-order valence-corrected chi connectivity index (χ1v) is 8.39. The maximum atomic E-state index is 12.8. The lowest BCUT2D eigenvalue weighted by atomic mass is 10.2. The molecule has 0 saturated carbocycles. The van der Waals surface area contributed by atoms with E-state index in [1.807, 2.05) is 0 Å². The normalized spacial score (nSPS) is 11.8. The molecule has 0 amide bonds. The van der Waals surface area contributed by atoms with Crippen LogP contribution in [0.25, 0.3) is 0 Å². The predicted octanol–water partition coefficient (Wildman–Crippen LogP) is 2.52. The highest BCUT2D eigenvalue weighted by molar-refractivity contribution is 6.32. The van der Waals surface area contributed by atoms with E-state index >= 15 is 0 Å². The summed E-state index contributed by atoms with van der Waals surface area (Å²) < 4.78 is 43.3. The number of hydrazine groups is 1. The van der Waals surface area contributed by atoms with E-state index in [0.717, 1.165) is 17.7 Å². The Bertz CT molecular complexity index is 808. The number of benzene rings is 2. The van der Waals surface area contributed by atoms with E-state index in [2.05, 4.69) is 15.8 Å². The molecule has 0 heterocycles. The topological polar surface area (TPSA) is 64.3 Å². The Labute approximate surface area is 159 Å². The summed E-state index contributed by atoms with van der Waals surface area (Å²) in [5.74, 6) is -0.713. The van der Waals surface area contributed by atoms with Crippen LogP contribution in [-0.2, 0) is 22.3 Å². The fourth-order valence-electron chi connectivity index (χ4n) is 2.07. The highest BCUT2D eigenvalue weighted by Crippen LogP contribution is 2.30. The molecule has 0 aliphatic rings. The van der Waals surface area contributed by atoms with Crippen LogP contribution in [0, 0.1) is 0 Å². The lowest BCUT2D eigenvalue weighted by Gasteiger charge is -2.09. The number of rotatable bonds is 5. The van der Waals surface area contributed by atoms with Gasteiger partial charge in [-0.25, -0.2) is 10.2 Å². The van der Waals surface area contributed by atoms with Gasteiger partial charge in [0, 0.05) is 5.02 Å². The number of anilines is 1. The van der Waals surface area contributed by atoms with Gasteiger partial charge in [-0.1, -0.05) is 29.8 Å². The molecule has 0 radical (unpaired) electrons. The van der Waals surface area contributed by atoms with Crippen LogP contribution in [0.3, 0.4) is 0 Å². The van der Waals surface area contributed by atoms with Gasteiger partial charge in [0.05, 0.1) is 17.9 Å². The molecule has 27 heavy (non-hydrogen) atoms. The van der Waals surface area contributed by atoms with Gasteiger partial charge in [-0.05, 0) is 42.8 Å². The van der Waals surface area contributed by atoms with Gasteiger partial charge in [0.2, 0.25) is 0 Å². The minimum absolute atomic E-state index is 0.0378. The quantitative estimate of drug-likeness (QED) is 0.312. The third-order valence-corrected chi connectivity index (χ3v) is 3.64. The molecule has 0 fully saturated rings. The highest BCUT2D eigenvalue weighted by atomic mass is 35.5. The Morgan fingerprint density at radius 1 is 1.19 bits per heavy atom. The average Bonchev–Trinajstić information content (AvgIpc) is 2.63. The van der Waals surface area contributed by atoms with Gasteiger partial charge in [-0.3, -0.25) is 4.99 Å². The minimum Gasteiger partial charge on any atom is -0.457 e. The molecule has 2 aromatic rings. The third kappa shape index (κ3) is 6.49. The second kappa shape index (κ2) is 9.27. The van der Waals surface area contributed by atoms with Crippen molar-refractivity contribution in [2.75, 3.05) is 12.0 Å². The van der Waals surface area contributed by atoms with Crippen LogP contribution in [0.2, 0.25) is 5.02 Å². The van der Waals surface area contributed by atoms with Gasteiger partial charge < -0.3 is 4.74 Å². The Kier molecular flexibility index (Phi) is 7.06. The number of alkyl halides is 3. The number of hydrogen-bond acceptors (Lipinski definition) is 3. The Morgan fingerprint density at radius 3 is 2.52 bits per heavy atom. The number of hydrogen-bond donors (Lipinski definition) is 3. The fraction of sp³-hybridized carbons (Fsp3) is 0.222. The molecule has 2 aromatic carbocycles. The van der Waals surface area contributed by atoms with Gasteiger partial charge in [0.1, 0.15) is 6.54 Å². The zero-order chi connectivity index (χ0) is 19.9. The monoisotopic (exact) mass is 400 g/mol. The highest BCUT2D eigenvalue weighted by Gasteiger charge is 2.30. The maximum Gasteiger partial charge on any atom is 0.423 e. The number of nitrogens with one attached hydrogen (secondary N) is 3. The smallest absolute Gasteiger partial charge is 0.423 e. The van der Waals surface area contributed by atoms with Crippen molar-refractivity contribution >= 4 is 29.1 Å². The van der Waals surface area contributed by atoms with E-state index in [1.54, 1.807) is 31.2 Å². The number of halogens is 4. The van der Waals surface area contributed by atoms with E-state index in [1.165, 1.54) is 12.1 Å². The van der Waals surface area contributed by atoms with E-state index in [4.69, 9.17) is 16.3 Å². The molecule has 0 atom stereocenters. The minimum atomic E-state index is -4.46. The van der Waals surface area contributed by atoms with E-state index in [9.17, 15) is 18.0 Å². The Morgan fingerprint density at radius 2 is 1.89 bits per heavy atom. The second-order valence-corrected chi connectivity index (χ2v) is 5.84. The molecule has 144 valence electrons. The van der Waals surface area contributed by atoms with Crippen molar-refractivity contribution < 1.29 is 27.7 Å². The zero-order valence-electron chi connectivity index (χ0n) is 14.4. The van der Waals surface area contributed by atoms with Crippen LogP contribution < -0.4 is 15.8 Å². The second-order valence-electron chi connectivity index (χ2n) is 5.40. The lowest BCUT2D eigenvalue weighted by Crippen LogP contribution is -2.77. The van der Waals surface area contributed by atoms with Crippen LogP contribution in [0.4, 0.5) is 18.9 Å².